The maximum absolute atomic E-state index is 3.66. The molecule has 1 aromatic rings. The summed E-state index contributed by atoms with van der Waals surface area (Å²) in [6, 6.07) is 10.8. The number of unbranched alkanes of at least 4 members (excludes halogenated alkanes) is 2. The Morgan fingerprint density at radius 3 is 2.67 bits per heavy atom. The first-order valence-electron chi connectivity index (χ1n) is 5.39. The molecule has 0 heterocycles. The summed E-state index contributed by atoms with van der Waals surface area (Å²) < 4.78 is 5.33. The molecular formula is C13H17BrTe. The second-order valence-corrected chi connectivity index (χ2v) is 7.16. The van der Waals surface area contributed by atoms with E-state index in [1.54, 1.807) is 0 Å². The molecule has 0 unspecified atom stereocenters. The quantitative estimate of drug-likeness (QED) is 0.520. The summed E-state index contributed by atoms with van der Waals surface area (Å²) >= 11 is 3.54. The molecule has 0 atom stereocenters. The molecule has 0 spiro atoms. The minimum absolute atomic E-state index is 0.123. The van der Waals surface area contributed by atoms with Crippen molar-refractivity contribution in [2.24, 2.45) is 0 Å². The maximum atomic E-state index is 3.66. The predicted molar refractivity (Wildman–Crippen MR) is 73.0 cm³/mol. The van der Waals surface area contributed by atoms with Crippen LogP contribution in [0.5, 0.6) is 0 Å². The van der Waals surface area contributed by atoms with E-state index in [0.717, 1.165) is 0 Å². The van der Waals surface area contributed by atoms with Gasteiger partial charge in [0, 0.05) is 0 Å². The molecule has 1 rings (SSSR count). The number of hydrogen-bond acceptors (Lipinski definition) is 0. The Kier molecular flexibility index (Phi) is 7.44. The van der Waals surface area contributed by atoms with Crippen LogP contribution in [0.4, 0.5) is 0 Å². The van der Waals surface area contributed by atoms with Crippen LogP contribution in [0.15, 0.2) is 38.9 Å². The second-order valence-electron chi connectivity index (χ2n) is 3.45. The van der Waals surface area contributed by atoms with Crippen molar-refractivity contribution >= 4 is 40.5 Å². The molecule has 0 radical (unpaired) electrons. The van der Waals surface area contributed by atoms with E-state index in [9.17, 15) is 0 Å². The summed E-state index contributed by atoms with van der Waals surface area (Å²) in [6.07, 6.45) is 5.17. The first-order valence-corrected chi connectivity index (χ1v) is 8.69. The van der Waals surface area contributed by atoms with Crippen LogP contribution in [-0.2, 0) is 0 Å². The SMILES string of the molecule is CCCCC/C(Br)=C/[Te]c1ccccc1. The molecule has 1 aromatic carbocycles. The van der Waals surface area contributed by atoms with Crippen LogP contribution >= 0.6 is 15.9 Å². The van der Waals surface area contributed by atoms with Crippen LogP contribution in [-0.4, -0.2) is 20.9 Å². The van der Waals surface area contributed by atoms with Crippen molar-refractivity contribution < 1.29 is 0 Å². The Hall–Kier alpha value is 0.230. The van der Waals surface area contributed by atoms with Gasteiger partial charge in [0.1, 0.15) is 0 Å². The normalized spacial score (nSPS) is 11.7. The van der Waals surface area contributed by atoms with Crippen molar-refractivity contribution in [2.45, 2.75) is 32.6 Å². The van der Waals surface area contributed by atoms with Crippen molar-refractivity contribution in [3.05, 3.63) is 38.9 Å². The number of rotatable bonds is 6. The van der Waals surface area contributed by atoms with E-state index in [0.29, 0.717) is 0 Å². The zero-order valence-electron chi connectivity index (χ0n) is 9.08. The van der Waals surface area contributed by atoms with Crippen LogP contribution in [0, 0.1) is 0 Å². The zero-order valence-corrected chi connectivity index (χ0v) is 13.0. The van der Waals surface area contributed by atoms with Gasteiger partial charge in [-0.25, -0.2) is 0 Å². The molecule has 82 valence electrons. The molecule has 0 saturated heterocycles. The van der Waals surface area contributed by atoms with Crippen molar-refractivity contribution in [1.82, 2.24) is 0 Å². The van der Waals surface area contributed by atoms with Gasteiger partial charge in [0.25, 0.3) is 0 Å². The van der Waals surface area contributed by atoms with Gasteiger partial charge in [-0.05, 0) is 0 Å². The number of allylic oxidation sites excluding steroid dienone is 1. The topological polar surface area (TPSA) is 0 Å². The predicted octanol–water partition coefficient (Wildman–Crippen LogP) is 3.83. The molecule has 0 aliphatic heterocycles. The molecule has 0 aromatic heterocycles. The molecule has 0 aliphatic rings. The third-order valence-corrected chi connectivity index (χ3v) is 6.36. The van der Waals surface area contributed by atoms with Crippen LogP contribution in [0.25, 0.3) is 0 Å². The van der Waals surface area contributed by atoms with Gasteiger partial charge < -0.3 is 0 Å². The Balaban J connectivity index is 2.31. The van der Waals surface area contributed by atoms with Crippen molar-refractivity contribution in [1.29, 1.82) is 0 Å². The molecule has 15 heavy (non-hydrogen) atoms. The molecule has 0 saturated carbocycles. The van der Waals surface area contributed by atoms with Gasteiger partial charge in [-0.1, -0.05) is 0 Å². The van der Waals surface area contributed by atoms with Crippen molar-refractivity contribution in [3.63, 3.8) is 0 Å². The van der Waals surface area contributed by atoms with Gasteiger partial charge in [0.15, 0.2) is 0 Å². The molecule has 0 N–H and O–H groups in total. The Morgan fingerprint density at radius 2 is 2.00 bits per heavy atom. The summed E-state index contributed by atoms with van der Waals surface area (Å²) in [7, 11) is 0. The third-order valence-electron chi connectivity index (χ3n) is 2.09. The van der Waals surface area contributed by atoms with Gasteiger partial charge in [-0.3, -0.25) is 0 Å². The summed E-state index contributed by atoms with van der Waals surface area (Å²) in [4.78, 5) is 0. The molecule has 0 bridgehead atoms. The van der Waals surface area contributed by atoms with Gasteiger partial charge in [-0.2, -0.15) is 0 Å². The fourth-order valence-electron chi connectivity index (χ4n) is 1.23. The van der Waals surface area contributed by atoms with E-state index in [2.05, 4.69) is 57.3 Å². The summed E-state index contributed by atoms with van der Waals surface area (Å²) in [5.74, 6) is 0. The Morgan fingerprint density at radius 1 is 1.27 bits per heavy atom. The van der Waals surface area contributed by atoms with Crippen molar-refractivity contribution in [3.8, 4) is 0 Å². The fourth-order valence-corrected chi connectivity index (χ4v) is 4.13. The van der Waals surface area contributed by atoms with Gasteiger partial charge in [-0.15, -0.1) is 0 Å². The Labute approximate surface area is 111 Å². The first kappa shape index (κ1) is 13.3. The summed E-state index contributed by atoms with van der Waals surface area (Å²) in [6.45, 7) is 2.25. The second kappa shape index (κ2) is 8.39. The van der Waals surface area contributed by atoms with E-state index in [-0.39, 0.29) is 20.9 Å². The Bertz CT molecular complexity index is 293. The molecule has 0 fully saturated rings. The summed E-state index contributed by atoms with van der Waals surface area (Å²) in [5, 5.41) is 0. The van der Waals surface area contributed by atoms with Crippen LogP contribution in [0.1, 0.15) is 32.6 Å². The molecule has 0 aliphatic carbocycles. The van der Waals surface area contributed by atoms with Gasteiger partial charge >= 0.3 is 112 Å². The molecule has 2 heteroatoms. The van der Waals surface area contributed by atoms with Crippen LogP contribution in [0.2, 0.25) is 0 Å². The molecule has 0 amide bonds. The van der Waals surface area contributed by atoms with Crippen molar-refractivity contribution in [2.75, 3.05) is 0 Å². The molecule has 0 nitrogen and oxygen atoms in total. The average molecular weight is 381 g/mol. The zero-order chi connectivity index (χ0) is 10.9. The van der Waals surface area contributed by atoms with Crippen LogP contribution in [0.3, 0.4) is 0 Å². The van der Waals surface area contributed by atoms with E-state index in [1.807, 2.05) is 0 Å². The fraction of sp³-hybridized carbons (Fsp3) is 0.385. The standard InChI is InChI=1S/C13H17BrTe/c1-2-3-5-8-12(14)11-15-13-9-6-4-7-10-13/h4,6-7,9-11H,2-3,5,8H2,1H3/b12-11-. The molecular weight excluding hydrogens is 364 g/mol. The average Bonchev–Trinajstić information content (AvgIpc) is 2.28. The number of halogens is 1. The monoisotopic (exact) mass is 382 g/mol. The van der Waals surface area contributed by atoms with Gasteiger partial charge in [0.2, 0.25) is 0 Å². The van der Waals surface area contributed by atoms with Crippen LogP contribution < -0.4 is 3.61 Å². The van der Waals surface area contributed by atoms with E-state index in [4.69, 9.17) is 0 Å². The van der Waals surface area contributed by atoms with Gasteiger partial charge in [0.05, 0.1) is 0 Å². The van der Waals surface area contributed by atoms with E-state index in [1.165, 1.54) is 33.8 Å². The van der Waals surface area contributed by atoms with E-state index >= 15 is 0 Å². The number of hydrogen-bond donors (Lipinski definition) is 0. The first-order chi connectivity index (χ1) is 7.33. The number of benzene rings is 1. The summed E-state index contributed by atoms with van der Waals surface area (Å²) in [5.41, 5.74) is 0. The third kappa shape index (κ3) is 6.40. The minimum atomic E-state index is -0.123. The van der Waals surface area contributed by atoms with E-state index < -0.39 is 0 Å².